The molecule has 0 spiro atoms. The lowest BCUT2D eigenvalue weighted by molar-refractivity contribution is -0.390. The minimum Gasteiger partial charge on any atom is -0.487 e. The van der Waals surface area contributed by atoms with E-state index in [0.717, 1.165) is 63.5 Å². The van der Waals surface area contributed by atoms with Crippen LogP contribution in [0.3, 0.4) is 0 Å². The van der Waals surface area contributed by atoms with Crippen LogP contribution in [0, 0.1) is 20.2 Å². The summed E-state index contributed by atoms with van der Waals surface area (Å²) in [5.41, 5.74) is -0.603. The van der Waals surface area contributed by atoms with Crippen LogP contribution < -0.4 is 9.47 Å². The van der Waals surface area contributed by atoms with Crippen LogP contribution in [-0.2, 0) is 0 Å². The van der Waals surface area contributed by atoms with Gasteiger partial charge in [-0.05, 0) is 12.8 Å². The Kier molecular flexibility index (Phi) is 13.2. The SMILES string of the molecule is CCCCCCCCOc1cc([N+](=O)[O-])c(OCCCCCCCC)cc1[N+](=O)[O-]. The van der Waals surface area contributed by atoms with E-state index >= 15 is 0 Å². The monoisotopic (exact) mass is 424 g/mol. The zero-order valence-electron chi connectivity index (χ0n) is 18.4. The van der Waals surface area contributed by atoms with E-state index in [9.17, 15) is 20.2 Å². The Hall–Kier alpha value is -2.38. The van der Waals surface area contributed by atoms with Crippen LogP contribution in [0.4, 0.5) is 11.4 Å². The first-order valence-corrected chi connectivity index (χ1v) is 11.2. The van der Waals surface area contributed by atoms with Crippen LogP contribution in [0.1, 0.15) is 90.9 Å². The number of ether oxygens (including phenoxy) is 2. The summed E-state index contributed by atoms with van der Waals surface area (Å²) in [5.74, 6) is -0.153. The number of nitrogens with zero attached hydrogens (tertiary/aromatic N) is 2. The summed E-state index contributed by atoms with van der Waals surface area (Å²) in [6.45, 7) is 4.89. The fourth-order valence-corrected chi connectivity index (χ4v) is 3.18. The van der Waals surface area contributed by atoms with Crippen molar-refractivity contribution >= 4 is 11.4 Å². The highest BCUT2D eigenvalue weighted by Gasteiger charge is 2.26. The predicted molar refractivity (Wildman–Crippen MR) is 117 cm³/mol. The third-order valence-corrected chi connectivity index (χ3v) is 4.94. The Bertz CT molecular complexity index is 595. The number of nitro benzene ring substituents is 2. The van der Waals surface area contributed by atoms with Gasteiger partial charge in [0.2, 0.25) is 11.5 Å². The Morgan fingerprint density at radius 3 is 1.30 bits per heavy atom. The quantitative estimate of drug-likeness (QED) is 0.143. The summed E-state index contributed by atoms with van der Waals surface area (Å²) in [6.07, 6.45) is 12.7. The van der Waals surface area contributed by atoms with Gasteiger partial charge in [-0.25, -0.2) is 0 Å². The van der Waals surface area contributed by atoms with Crippen LogP contribution >= 0.6 is 0 Å². The van der Waals surface area contributed by atoms with Gasteiger partial charge in [-0.2, -0.15) is 0 Å². The fourth-order valence-electron chi connectivity index (χ4n) is 3.18. The summed E-state index contributed by atoms with van der Waals surface area (Å²) in [4.78, 5) is 21.7. The van der Waals surface area contributed by atoms with Gasteiger partial charge in [0.05, 0.1) is 35.2 Å². The topological polar surface area (TPSA) is 105 Å². The maximum absolute atomic E-state index is 11.4. The molecule has 0 bridgehead atoms. The van der Waals surface area contributed by atoms with Gasteiger partial charge in [-0.3, -0.25) is 20.2 Å². The molecule has 0 amide bonds. The molecule has 1 aromatic rings. The summed E-state index contributed by atoms with van der Waals surface area (Å²) >= 11 is 0. The zero-order chi connectivity index (χ0) is 22.2. The second-order valence-corrected chi connectivity index (χ2v) is 7.53. The highest BCUT2D eigenvalue weighted by molar-refractivity contribution is 5.61. The molecule has 1 aromatic carbocycles. The molecule has 0 fully saturated rings. The smallest absolute Gasteiger partial charge is 0.315 e. The van der Waals surface area contributed by atoms with Crippen LogP contribution in [0.5, 0.6) is 11.5 Å². The molecule has 0 radical (unpaired) electrons. The number of rotatable bonds is 18. The first-order valence-electron chi connectivity index (χ1n) is 11.2. The van der Waals surface area contributed by atoms with Gasteiger partial charge in [-0.15, -0.1) is 0 Å². The number of unbranched alkanes of at least 4 members (excludes halogenated alkanes) is 10. The van der Waals surface area contributed by atoms with Crippen molar-refractivity contribution in [2.24, 2.45) is 0 Å². The highest BCUT2D eigenvalue weighted by Crippen LogP contribution is 2.39. The third-order valence-electron chi connectivity index (χ3n) is 4.94. The third kappa shape index (κ3) is 9.89. The van der Waals surface area contributed by atoms with E-state index in [1.807, 2.05) is 0 Å². The fraction of sp³-hybridized carbons (Fsp3) is 0.727. The van der Waals surface area contributed by atoms with Crippen molar-refractivity contribution in [1.29, 1.82) is 0 Å². The number of benzene rings is 1. The molecule has 0 aliphatic carbocycles. The Balaban J connectivity index is 2.68. The second kappa shape index (κ2) is 15.5. The zero-order valence-corrected chi connectivity index (χ0v) is 18.4. The molecule has 8 nitrogen and oxygen atoms in total. The molecule has 0 aliphatic heterocycles. The lowest BCUT2D eigenvalue weighted by Crippen LogP contribution is -2.05. The Labute approximate surface area is 179 Å². The van der Waals surface area contributed by atoms with Gasteiger partial charge in [0.15, 0.2) is 0 Å². The van der Waals surface area contributed by atoms with E-state index in [1.165, 1.54) is 25.7 Å². The van der Waals surface area contributed by atoms with Gasteiger partial charge >= 0.3 is 11.4 Å². The van der Waals surface area contributed by atoms with E-state index in [4.69, 9.17) is 9.47 Å². The molecule has 0 unspecified atom stereocenters. The van der Waals surface area contributed by atoms with E-state index in [2.05, 4.69) is 13.8 Å². The Morgan fingerprint density at radius 2 is 0.967 bits per heavy atom. The van der Waals surface area contributed by atoms with Crippen molar-refractivity contribution in [2.75, 3.05) is 13.2 Å². The first-order chi connectivity index (χ1) is 14.5. The van der Waals surface area contributed by atoms with Crippen molar-refractivity contribution in [3.8, 4) is 11.5 Å². The minimum atomic E-state index is -0.585. The molecule has 0 N–H and O–H groups in total. The molecular weight excluding hydrogens is 388 g/mol. The van der Waals surface area contributed by atoms with Gasteiger partial charge in [-0.1, -0.05) is 78.1 Å². The number of hydrogen-bond acceptors (Lipinski definition) is 6. The maximum atomic E-state index is 11.4. The predicted octanol–water partition coefficient (Wildman–Crippen LogP) is 6.98. The molecule has 8 heteroatoms. The molecular formula is C22H36N2O6. The van der Waals surface area contributed by atoms with Crippen molar-refractivity contribution in [2.45, 2.75) is 90.9 Å². The van der Waals surface area contributed by atoms with Crippen molar-refractivity contribution < 1.29 is 19.3 Å². The van der Waals surface area contributed by atoms with Crippen molar-refractivity contribution in [3.05, 3.63) is 32.4 Å². The molecule has 1 rings (SSSR count). The van der Waals surface area contributed by atoms with Crippen LogP contribution in [0.25, 0.3) is 0 Å². The second-order valence-electron chi connectivity index (χ2n) is 7.53. The van der Waals surface area contributed by atoms with Crippen LogP contribution in [0.15, 0.2) is 12.1 Å². The summed E-state index contributed by atoms with van der Waals surface area (Å²) in [5, 5.41) is 22.9. The van der Waals surface area contributed by atoms with Crippen molar-refractivity contribution in [1.82, 2.24) is 0 Å². The average Bonchev–Trinajstić information content (AvgIpc) is 2.72. The molecule has 0 atom stereocenters. The largest absolute Gasteiger partial charge is 0.487 e. The van der Waals surface area contributed by atoms with Crippen molar-refractivity contribution in [3.63, 3.8) is 0 Å². The lowest BCUT2D eigenvalue weighted by Gasteiger charge is -2.10. The van der Waals surface area contributed by atoms with E-state index in [1.54, 1.807) is 0 Å². The minimum absolute atomic E-state index is 0.0767. The maximum Gasteiger partial charge on any atom is 0.315 e. The first kappa shape index (κ1) is 25.7. The normalized spacial score (nSPS) is 10.7. The molecule has 0 aromatic heterocycles. The van der Waals surface area contributed by atoms with Gasteiger partial charge in [0, 0.05) is 0 Å². The molecule has 0 aliphatic rings. The average molecular weight is 425 g/mol. The summed E-state index contributed by atoms with van der Waals surface area (Å²) in [7, 11) is 0. The molecule has 0 saturated heterocycles. The Morgan fingerprint density at radius 1 is 0.633 bits per heavy atom. The molecule has 30 heavy (non-hydrogen) atoms. The highest BCUT2D eigenvalue weighted by atomic mass is 16.6. The number of nitro groups is 2. The standard InChI is InChI=1S/C22H36N2O6/c1-3-5-7-9-11-13-15-29-21-17-20(24(27)28)22(18-19(21)23(25)26)30-16-14-12-10-8-6-4-2/h17-18H,3-16H2,1-2H3. The van der Waals surface area contributed by atoms with E-state index < -0.39 is 9.85 Å². The molecule has 170 valence electrons. The van der Waals surface area contributed by atoms with Crippen LogP contribution in [-0.4, -0.2) is 23.1 Å². The lowest BCUT2D eigenvalue weighted by atomic mass is 10.1. The van der Waals surface area contributed by atoms with Gasteiger partial charge < -0.3 is 9.47 Å². The van der Waals surface area contributed by atoms with E-state index in [0.29, 0.717) is 13.2 Å². The summed E-state index contributed by atoms with van der Waals surface area (Å²) < 4.78 is 11.1. The van der Waals surface area contributed by atoms with E-state index in [-0.39, 0.29) is 22.9 Å². The van der Waals surface area contributed by atoms with Gasteiger partial charge in [0.25, 0.3) is 0 Å². The number of hydrogen-bond donors (Lipinski definition) is 0. The molecule has 0 saturated carbocycles. The van der Waals surface area contributed by atoms with Gasteiger partial charge in [0.1, 0.15) is 0 Å². The molecule has 0 heterocycles. The van der Waals surface area contributed by atoms with Crippen LogP contribution in [0.2, 0.25) is 0 Å². The summed E-state index contributed by atoms with van der Waals surface area (Å²) in [6, 6.07) is 2.23.